The standard InChI is InChI=1S/C46H74NO9P/c1-6-8-10-11-12-13-14-15-16-17-21-24-27-30-33-37-45(49)53-41-44(42-55-57(51,52)54-40-39-47(3,4)5)56-46(50)38-34-31-28-25-22-19-18-20-23-26-29-32-36-43(48)35-9-7-2/h8-10,12-13,15-16,18-19,21,23-26,28-29,32,35,43-44,48H,6-7,11,14,17,20,22,27,30-31,33-34,36-42H2,1-5H3/b10-8-,13-12-,16-15-,19-18-,24-21-,26-23-,28-25-,32-29+,35-9-/t43?,44-/m1/s1. The topological polar surface area (TPSA) is 131 Å². The van der Waals surface area contributed by atoms with Crippen molar-refractivity contribution in [1.82, 2.24) is 0 Å². The number of rotatable bonds is 35. The van der Waals surface area contributed by atoms with Crippen molar-refractivity contribution < 1.29 is 47.2 Å². The van der Waals surface area contributed by atoms with Gasteiger partial charge in [0.05, 0.1) is 33.9 Å². The van der Waals surface area contributed by atoms with E-state index in [1.807, 2.05) is 76.7 Å². The number of likely N-dealkylation sites (N-methyl/N-ethyl adjacent to an activating group) is 1. The van der Waals surface area contributed by atoms with Gasteiger partial charge in [-0.25, -0.2) is 0 Å². The summed E-state index contributed by atoms with van der Waals surface area (Å²) in [7, 11) is 1.05. The number of allylic oxidation sites excluding steroid dienone is 16. The van der Waals surface area contributed by atoms with E-state index in [0.717, 1.165) is 57.8 Å². The first kappa shape index (κ1) is 53.6. The second-order valence-electron chi connectivity index (χ2n) is 14.4. The number of hydrogen-bond acceptors (Lipinski definition) is 9. The molecule has 0 rings (SSSR count). The van der Waals surface area contributed by atoms with Crippen LogP contribution in [0, 0.1) is 0 Å². The zero-order valence-electron chi connectivity index (χ0n) is 35.6. The molecule has 0 spiro atoms. The first-order chi connectivity index (χ1) is 27.4. The Kier molecular flexibility index (Phi) is 34.8. The Morgan fingerprint density at radius 1 is 0.649 bits per heavy atom. The van der Waals surface area contributed by atoms with E-state index in [2.05, 4.69) is 67.7 Å². The lowest BCUT2D eigenvalue weighted by atomic mass is 10.2. The summed E-state index contributed by atoms with van der Waals surface area (Å²) < 4.78 is 33.7. The fourth-order valence-corrected chi connectivity index (χ4v) is 5.37. The van der Waals surface area contributed by atoms with Gasteiger partial charge in [-0.2, -0.15) is 0 Å². The van der Waals surface area contributed by atoms with Crippen LogP contribution in [0.4, 0.5) is 0 Å². The maximum Gasteiger partial charge on any atom is 0.306 e. The number of carbonyl (C=O) groups excluding carboxylic acids is 2. The van der Waals surface area contributed by atoms with Crippen molar-refractivity contribution in [2.75, 3.05) is 47.5 Å². The van der Waals surface area contributed by atoms with Crippen LogP contribution in [-0.4, -0.2) is 81.2 Å². The minimum atomic E-state index is -4.67. The molecule has 0 aromatic heterocycles. The van der Waals surface area contributed by atoms with Gasteiger partial charge in [-0.1, -0.05) is 123 Å². The second kappa shape index (κ2) is 36.9. The Balaban J connectivity index is 4.63. The number of phosphoric ester groups is 1. The van der Waals surface area contributed by atoms with Crippen LogP contribution in [0.1, 0.15) is 110 Å². The molecule has 0 aliphatic heterocycles. The van der Waals surface area contributed by atoms with Gasteiger partial charge in [0.1, 0.15) is 19.8 Å². The average Bonchev–Trinajstić information content (AvgIpc) is 3.16. The van der Waals surface area contributed by atoms with E-state index in [0.29, 0.717) is 36.7 Å². The van der Waals surface area contributed by atoms with Crippen LogP contribution in [0.5, 0.6) is 0 Å². The van der Waals surface area contributed by atoms with Crippen LogP contribution < -0.4 is 4.89 Å². The van der Waals surface area contributed by atoms with Crippen LogP contribution in [0.15, 0.2) is 109 Å². The lowest BCUT2D eigenvalue weighted by Gasteiger charge is -2.28. The summed E-state index contributed by atoms with van der Waals surface area (Å²) in [6.45, 7) is 3.70. The van der Waals surface area contributed by atoms with E-state index in [1.165, 1.54) is 0 Å². The van der Waals surface area contributed by atoms with Crippen molar-refractivity contribution in [3.63, 3.8) is 0 Å². The van der Waals surface area contributed by atoms with Crippen molar-refractivity contribution in [1.29, 1.82) is 0 Å². The molecular weight excluding hydrogens is 741 g/mol. The number of unbranched alkanes of at least 4 members (excludes halogenated alkanes) is 3. The lowest BCUT2D eigenvalue weighted by Crippen LogP contribution is -2.37. The summed E-state index contributed by atoms with van der Waals surface area (Å²) in [5, 5.41) is 9.77. The van der Waals surface area contributed by atoms with E-state index in [-0.39, 0.29) is 26.1 Å². The zero-order chi connectivity index (χ0) is 42.3. The minimum absolute atomic E-state index is 0.0628. The van der Waals surface area contributed by atoms with Gasteiger partial charge in [0.2, 0.25) is 0 Å². The highest BCUT2D eigenvalue weighted by molar-refractivity contribution is 7.45. The van der Waals surface area contributed by atoms with Gasteiger partial charge in [-0.15, -0.1) is 0 Å². The largest absolute Gasteiger partial charge is 0.756 e. The molecule has 2 unspecified atom stereocenters. The lowest BCUT2D eigenvalue weighted by molar-refractivity contribution is -0.870. The zero-order valence-corrected chi connectivity index (χ0v) is 36.5. The Bertz CT molecular complexity index is 1350. The molecule has 0 saturated heterocycles. The highest BCUT2D eigenvalue weighted by Crippen LogP contribution is 2.38. The average molecular weight is 816 g/mol. The fraction of sp³-hybridized carbons (Fsp3) is 0.565. The maximum atomic E-state index is 12.6. The maximum absolute atomic E-state index is 12.6. The molecule has 0 aromatic carbocycles. The molecule has 0 aromatic rings. The Labute approximate surface area is 345 Å². The highest BCUT2D eigenvalue weighted by atomic mass is 31.2. The second-order valence-corrected chi connectivity index (χ2v) is 15.8. The van der Waals surface area contributed by atoms with Crippen molar-refractivity contribution in [3.8, 4) is 0 Å². The number of aliphatic hydroxyl groups is 1. The molecule has 0 saturated carbocycles. The molecule has 0 heterocycles. The molecule has 0 radical (unpaired) electrons. The predicted octanol–water partition coefficient (Wildman–Crippen LogP) is 9.91. The molecule has 0 bridgehead atoms. The Morgan fingerprint density at radius 3 is 1.77 bits per heavy atom. The summed E-state index contributed by atoms with van der Waals surface area (Å²) >= 11 is 0. The molecular formula is C46H74NO9P. The third kappa shape index (κ3) is 40.6. The molecule has 0 fully saturated rings. The smallest absolute Gasteiger partial charge is 0.306 e. The quantitative estimate of drug-likeness (QED) is 0.0166. The number of hydrogen-bond donors (Lipinski definition) is 1. The van der Waals surface area contributed by atoms with Crippen LogP contribution in [-0.2, 0) is 32.7 Å². The molecule has 11 heteroatoms. The highest BCUT2D eigenvalue weighted by Gasteiger charge is 2.21. The van der Waals surface area contributed by atoms with Crippen molar-refractivity contribution in [3.05, 3.63) is 109 Å². The van der Waals surface area contributed by atoms with Gasteiger partial charge < -0.3 is 33.0 Å². The van der Waals surface area contributed by atoms with Crippen molar-refractivity contribution in [2.24, 2.45) is 0 Å². The minimum Gasteiger partial charge on any atom is -0.756 e. The van der Waals surface area contributed by atoms with Crippen LogP contribution in [0.3, 0.4) is 0 Å². The summed E-state index contributed by atoms with van der Waals surface area (Å²) in [4.78, 5) is 37.4. The van der Waals surface area contributed by atoms with E-state index < -0.39 is 38.6 Å². The summed E-state index contributed by atoms with van der Waals surface area (Å²) in [5.41, 5.74) is 0. The van der Waals surface area contributed by atoms with Gasteiger partial charge in [0.25, 0.3) is 7.82 Å². The van der Waals surface area contributed by atoms with Crippen molar-refractivity contribution in [2.45, 2.75) is 122 Å². The molecule has 1 N–H and O–H groups in total. The normalized spacial score (nSPS) is 15.3. The number of phosphoric acid groups is 1. The molecule has 0 aliphatic carbocycles. The molecule has 322 valence electrons. The van der Waals surface area contributed by atoms with Gasteiger partial charge in [-0.3, -0.25) is 14.2 Å². The molecule has 0 amide bonds. The van der Waals surface area contributed by atoms with Crippen LogP contribution >= 0.6 is 7.82 Å². The Morgan fingerprint density at radius 2 is 1.18 bits per heavy atom. The molecule has 10 nitrogen and oxygen atoms in total. The van der Waals surface area contributed by atoms with E-state index in [4.69, 9.17) is 18.5 Å². The van der Waals surface area contributed by atoms with Crippen molar-refractivity contribution >= 4 is 19.8 Å². The third-order valence-corrected chi connectivity index (χ3v) is 8.83. The molecule has 0 aliphatic rings. The first-order valence-corrected chi connectivity index (χ1v) is 22.2. The summed E-state index contributed by atoms with van der Waals surface area (Å²) in [6.07, 6.45) is 46.2. The van der Waals surface area contributed by atoms with Crippen LogP contribution in [0.2, 0.25) is 0 Å². The van der Waals surface area contributed by atoms with Crippen LogP contribution in [0.25, 0.3) is 0 Å². The summed E-state index contributed by atoms with van der Waals surface area (Å²) in [6, 6.07) is 0. The van der Waals surface area contributed by atoms with E-state index in [1.54, 1.807) is 0 Å². The van der Waals surface area contributed by atoms with E-state index >= 15 is 0 Å². The molecule has 57 heavy (non-hydrogen) atoms. The van der Waals surface area contributed by atoms with Gasteiger partial charge in [0.15, 0.2) is 6.10 Å². The predicted molar refractivity (Wildman–Crippen MR) is 232 cm³/mol. The SMILES string of the molecule is CC/C=C\C/C=C\C/C=C\C/C=C\CCCCC(=O)OC[C@H](COP(=O)([O-])OCC[N+](C)(C)C)OC(=O)CCC/C=C\C/C=C\C/C=C\C=C\CC(O)/C=C\CC. The third-order valence-electron chi connectivity index (χ3n) is 7.86. The molecule has 3 atom stereocenters. The monoisotopic (exact) mass is 816 g/mol. The summed E-state index contributed by atoms with van der Waals surface area (Å²) in [5.74, 6) is -0.991. The Hall–Kier alpha value is -3.37. The number of carbonyl (C=O) groups is 2. The number of esters is 2. The first-order valence-electron chi connectivity index (χ1n) is 20.7. The number of ether oxygens (including phenoxy) is 2. The number of nitrogens with zero attached hydrogens (tertiary/aromatic N) is 1. The van der Waals surface area contributed by atoms with E-state index in [9.17, 15) is 24.2 Å². The van der Waals surface area contributed by atoms with Gasteiger partial charge >= 0.3 is 11.9 Å². The number of quaternary nitrogens is 1. The number of aliphatic hydroxyl groups excluding tert-OH is 1. The fourth-order valence-electron chi connectivity index (χ4n) is 4.64. The van der Waals surface area contributed by atoms with Gasteiger partial charge in [0, 0.05) is 12.8 Å². The van der Waals surface area contributed by atoms with Gasteiger partial charge in [-0.05, 0) is 83.5 Å².